The minimum absolute atomic E-state index is 0. The van der Waals surface area contributed by atoms with Crippen LogP contribution in [0.2, 0.25) is 0 Å². The van der Waals surface area contributed by atoms with E-state index in [1.807, 2.05) is 49.4 Å². The molecule has 4 nitrogen and oxygen atoms in total. The Bertz CT molecular complexity index is 573. The average molecular weight is 306 g/mol. The van der Waals surface area contributed by atoms with Gasteiger partial charge >= 0.3 is 0 Å². The molecule has 0 saturated heterocycles. The molecule has 2 unspecified atom stereocenters. The Labute approximate surface area is 131 Å². The molecule has 21 heavy (non-hydrogen) atoms. The van der Waals surface area contributed by atoms with E-state index < -0.39 is 5.54 Å². The summed E-state index contributed by atoms with van der Waals surface area (Å²) in [7, 11) is 0. The van der Waals surface area contributed by atoms with Crippen LogP contribution in [0.1, 0.15) is 31.0 Å². The van der Waals surface area contributed by atoms with Gasteiger partial charge in [0.1, 0.15) is 5.54 Å². The number of nitrogens with zero attached hydrogens (tertiary/aromatic N) is 1. The number of carbonyl (C=O) groups is 1. The number of pyridine rings is 1. The summed E-state index contributed by atoms with van der Waals surface area (Å²) in [4.78, 5) is 16.4. The van der Waals surface area contributed by atoms with Crippen molar-refractivity contribution < 1.29 is 4.79 Å². The number of carbonyl (C=O) groups excluding carboxylic acids is 1. The van der Waals surface area contributed by atoms with Crippen molar-refractivity contribution in [2.75, 3.05) is 0 Å². The third kappa shape index (κ3) is 4.03. The molecule has 0 bridgehead atoms. The first-order valence-corrected chi connectivity index (χ1v) is 6.57. The zero-order valence-electron chi connectivity index (χ0n) is 12.1. The quantitative estimate of drug-likeness (QED) is 0.912. The molecule has 2 aromatic rings. The second kappa shape index (κ2) is 7.20. The van der Waals surface area contributed by atoms with Crippen LogP contribution in [0.4, 0.5) is 0 Å². The summed E-state index contributed by atoms with van der Waals surface area (Å²) in [6.45, 7) is 3.63. The van der Waals surface area contributed by atoms with Gasteiger partial charge in [0.15, 0.2) is 0 Å². The Kier molecular flexibility index (Phi) is 5.88. The Morgan fingerprint density at radius 3 is 2.48 bits per heavy atom. The maximum Gasteiger partial charge on any atom is 0.244 e. The highest BCUT2D eigenvalue weighted by Crippen LogP contribution is 2.19. The molecular weight excluding hydrogens is 286 g/mol. The predicted molar refractivity (Wildman–Crippen MR) is 86.0 cm³/mol. The van der Waals surface area contributed by atoms with E-state index in [0.717, 1.165) is 11.1 Å². The topological polar surface area (TPSA) is 68.0 Å². The van der Waals surface area contributed by atoms with Crippen LogP contribution in [0, 0.1) is 0 Å². The van der Waals surface area contributed by atoms with Gasteiger partial charge in [-0.1, -0.05) is 36.4 Å². The van der Waals surface area contributed by atoms with Gasteiger partial charge in [-0.05, 0) is 31.0 Å². The second-order valence-electron chi connectivity index (χ2n) is 5.05. The maximum atomic E-state index is 12.4. The third-order valence-electron chi connectivity index (χ3n) is 3.38. The molecule has 1 heterocycles. The number of rotatable bonds is 4. The van der Waals surface area contributed by atoms with Crippen LogP contribution in [-0.2, 0) is 10.3 Å². The minimum Gasteiger partial charge on any atom is -0.348 e. The second-order valence-corrected chi connectivity index (χ2v) is 5.05. The molecule has 112 valence electrons. The molecule has 0 spiro atoms. The van der Waals surface area contributed by atoms with Gasteiger partial charge in [0.05, 0.1) is 6.04 Å². The van der Waals surface area contributed by atoms with Gasteiger partial charge in [-0.2, -0.15) is 0 Å². The van der Waals surface area contributed by atoms with Crippen molar-refractivity contribution in [3.8, 4) is 0 Å². The molecule has 0 radical (unpaired) electrons. The average Bonchev–Trinajstić information content (AvgIpc) is 2.49. The van der Waals surface area contributed by atoms with Crippen molar-refractivity contribution in [3.63, 3.8) is 0 Å². The molecule has 1 aromatic carbocycles. The van der Waals surface area contributed by atoms with E-state index in [1.165, 1.54) is 0 Å². The largest absolute Gasteiger partial charge is 0.348 e. The van der Waals surface area contributed by atoms with Gasteiger partial charge in [-0.3, -0.25) is 9.78 Å². The van der Waals surface area contributed by atoms with Crippen LogP contribution in [0.5, 0.6) is 0 Å². The lowest BCUT2D eigenvalue weighted by atomic mass is 9.92. The highest BCUT2D eigenvalue weighted by Gasteiger charge is 2.31. The summed E-state index contributed by atoms with van der Waals surface area (Å²) in [5.74, 6) is -0.208. The minimum atomic E-state index is -1.06. The van der Waals surface area contributed by atoms with Gasteiger partial charge in [-0.25, -0.2) is 0 Å². The van der Waals surface area contributed by atoms with Crippen molar-refractivity contribution in [3.05, 3.63) is 66.0 Å². The van der Waals surface area contributed by atoms with Crippen molar-refractivity contribution >= 4 is 18.3 Å². The highest BCUT2D eigenvalue weighted by atomic mass is 35.5. The predicted octanol–water partition coefficient (Wildman–Crippen LogP) is 2.55. The first kappa shape index (κ1) is 17.1. The zero-order valence-corrected chi connectivity index (χ0v) is 12.9. The van der Waals surface area contributed by atoms with E-state index in [2.05, 4.69) is 10.3 Å². The van der Waals surface area contributed by atoms with Crippen LogP contribution >= 0.6 is 12.4 Å². The standard InChI is InChI=1S/C16H19N3O.ClH/c1-12(13-7-6-10-18-11-13)19-15(20)16(2,17)14-8-4-3-5-9-14;/h3-12H,17H2,1-2H3,(H,19,20);1H. The summed E-state index contributed by atoms with van der Waals surface area (Å²) in [5.41, 5.74) is 6.86. The first-order chi connectivity index (χ1) is 9.51. The SMILES string of the molecule is CC(NC(=O)C(C)(N)c1ccccc1)c1cccnc1.Cl. The summed E-state index contributed by atoms with van der Waals surface area (Å²) >= 11 is 0. The Morgan fingerprint density at radius 1 is 1.24 bits per heavy atom. The fourth-order valence-electron chi connectivity index (χ4n) is 1.98. The van der Waals surface area contributed by atoms with E-state index in [1.54, 1.807) is 19.3 Å². The van der Waals surface area contributed by atoms with Gasteiger partial charge in [0.2, 0.25) is 5.91 Å². The molecule has 2 atom stereocenters. The summed E-state index contributed by atoms with van der Waals surface area (Å²) in [6, 6.07) is 13.0. The van der Waals surface area contributed by atoms with Gasteiger partial charge in [0.25, 0.3) is 0 Å². The molecule has 0 fully saturated rings. The highest BCUT2D eigenvalue weighted by molar-refractivity contribution is 5.87. The zero-order chi connectivity index (χ0) is 14.6. The number of hydrogen-bond donors (Lipinski definition) is 2. The maximum absolute atomic E-state index is 12.4. The lowest BCUT2D eigenvalue weighted by Gasteiger charge is -2.26. The van der Waals surface area contributed by atoms with E-state index in [4.69, 9.17) is 5.73 Å². The van der Waals surface area contributed by atoms with Crippen LogP contribution in [0.25, 0.3) is 0 Å². The number of nitrogens with one attached hydrogen (secondary N) is 1. The van der Waals surface area contributed by atoms with E-state index >= 15 is 0 Å². The Morgan fingerprint density at radius 2 is 1.90 bits per heavy atom. The van der Waals surface area contributed by atoms with Gasteiger partial charge in [0, 0.05) is 12.4 Å². The number of hydrogen-bond acceptors (Lipinski definition) is 3. The fourth-order valence-corrected chi connectivity index (χ4v) is 1.98. The van der Waals surface area contributed by atoms with Gasteiger partial charge < -0.3 is 11.1 Å². The van der Waals surface area contributed by atoms with Crippen molar-refractivity contribution in [2.24, 2.45) is 5.73 Å². The van der Waals surface area contributed by atoms with E-state index in [-0.39, 0.29) is 24.4 Å². The number of benzene rings is 1. The third-order valence-corrected chi connectivity index (χ3v) is 3.38. The molecular formula is C16H20ClN3O. The molecule has 1 aromatic heterocycles. The lowest BCUT2D eigenvalue weighted by Crippen LogP contribution is -2.49. The summed E-state index contributed by atoms with van der Waals surface area (Å²) in [6.07, 6.45) is 3.44. The number of aromatic nitrogens is 1. The smallest absolute Gasteiger partial charge is 0.244 e. The first-order valence-electron chi connectivity index (χ1n) is 6.57. The molecule has 2 rings (SSSR count). The summed E-state index contributed by atoms with van der Waals surface area (Å²) < 4.78 is 0. The summed E-state index contributed by atoms with van der Waals surface area (Å²) in [5, 5.41) is 2.93. The molecule has 5 heteroatoms. The number of halogens is 1. The van der Waals surface area contributed by atoms with Crippen molar-refractivity contribution in [2.45, 2.75) is 25.4 Å². The molecule has 0 saturated carbocycles. The lowest BCUT2D eigenvalue weighted by molar-refractivity contribution is -0.126. The molecule has 0 aliphatic heterocycles. The van der Waals surface area contributed by atoms with Gasteiger partial charge in [-0.15, -0.1) is 12.4 Å². The molecule has 0 aliphatic carbocycles. The van der Waals surface area contributed by atoms with Crippen LogP contribution in [-0.4, -0.2) is 10.9 Å². The molecule has 1 amide bonds. The fraction of sp³-hybridized carbons (Fsp3) is 0.250. The normalized spacial score (nSPS) is 14.4. The Hall–Kier alpha value is -1.91. The molecule has 0 aliphatic rings. The van der Waals surface area contributed by atoms with Crippen LogP contribution in [0.3, 0.4) is 0 Å². The van der Waals surface area contributed by atoms with Crippen LogP contribution < -0.4 is 11.1 Å². The number of amides is 1. The van der Waals surface area contributed by atoms with Crippen molar-refractivity contribution in [1.82, 2.24) is 10.3 Å². The molecule has 3 N–H and O–H groups in total. The monoisotopic (exact) mass is 305 g/mol. The van der Waals surface area contributed by atoms with Crippen molar-refractivity contribution in [1.29, 1.82) is 0 Å². The van der Waals surface area contributed by atoms with Crippen LogP contribution in [0.15, 0.2) is 54.9 Å². The van der Waals surface area contributed by atoms with E-state index in [0.29, 0.717) is 0 Å². The Balaban J connectivity index is 0.00000220. The number of nitrogens with two attached hydrogens (primary N) is 1. The van der Waals surface area contributed by atoms with E-state index in [9.17, 15) is 4.79 Å².